The van der Waals surface area contributed by atoms with Crippen molar-refractivity contribution in [1.29, 1.82) is 0 Å². The molecule has 4 nitrogen and oxygen atoms in total. The summed E-state index contributed by atoms with van der Waals surface area (Å²) in [5, 5.41) is 0.569. The number of rotatable bonds is 9. The molecule has 1 aromatic rings. The third-order valence-corrected chi connectivity index (χ3v) is 4.61. The summed E-state index contributed by atoms with van der Waals surface area (Å²) in [6.45, 7) is 6.45. The standard InChI is InChI=1S/C20H26ClNO3/c1-5-20(6-2,7-3)22(15-9-10-18(23)25-8-4)19(24)16-11-13-17(21)14-12-16/h1,11-14H,6-10,15H2,2-4H3. The lowest BCUT2D eigenvalue weighted by atomic mass is 9.90. The van der Waals surface area contributed by atoms with Crippen LogP contribution in [0, 0.1) is 12.3 Å². The van der Waals surface area contributed by atoms with Gasteiger partial charge in [0.05, 0.1) is 6.61 Å². The highest BCUT2D eigenvalue weighted by atomic mass is 35.5. The number of esters is 1. The zero-order valence-corrected chi connectivity index (χ0v) is 15.9. The van der Waals surface area contributed by atoms with Gasteiger partial charge in [0.15, 0.2) is 0 Å². The molecule has 136 valence electrons. The number of carbonyl (C=O) groups excluding carboxylic acids is 2. The maximum atomic E-state index is 13.1. The monoisotopic (exact) mass is 363 g/mol. The van der Waals surface area contributed by atoms with Crippen molar-refractivity contribution in [2.75, 3.05) is 13.2 Å². The van der Waals surface area contributed by atoms with Crippen molar-refractivity contribution in [3.8, 4) is 12.3 Å². The van der Waals surface area contributed by atoms with Gasteiger partial charge in [0.25, 0.3) is 5.91 Å². The van der Waals surface area contributed by atoms with Gasteiger partial charge in [-0.25, -0.2) is 0 Å². The van der Waals surface area contributed by atoms with Crippen molar-refractivity contribution in [2.45, 2.75) is 52.0 Å². The first-order valence-corrected chi connectivity index (χ1v) is 9.02. The predicted octanol–water partition coefficient (Wildman–Crippen LogP) is 4.32. The summed E-state index contributed by atoms with van der Waals surface area (Å²) in [4.78, 5) is 26.3. The van der Waals surface area contributed by atoms with E-state index in [0.717, 1.165) is 0 Å². The van der Waals surface area contributed by atoms with Crippen molar-refractivity contribution in [3.05, 3.63) is 34.9 Å². The van der Waals surface area contributed by atoms with E-state index in [4.69, 9.17) is 22.8 Å². The lowest BCUT2D eigenvalue weighted by Crippen LogP contribution is -2.50. The second kappa shape index (κ2) is 10.1. The van der Waals surface area contributed by atoms with Gasteiger partial charge in [0, 0.05) is 23.6 Å². The largest absolute Gasteiger partial charge is 0.466 e. The molecule has 0 saturated carbocycles. The smallest absolute Gasteiger partial charge is 0.305 e. The molecule has 0 aliphatic carbocycles. The van der Waals surface area contributed by atoms with Crippen LogP contribution in [-0.4, -0.2) is 35.5 Å². The van der Waals surface area contributed by atoms with E-state index in [1.165, 1.54) is 0 Å². The van der Waals surface area contributed by atoms with Crippen LogP contribution in [0.4, 0.5) is 0 Å². The van der Waals surface area contributed by atoms with Gasteiger partial charge < -0.3 is 9.64 Å². The lowest BCUT2D eigenvalue weighted by molar-refractivity contribution is -0.143. The Morgan fingerprint density at radius 1 is 1.20 bits per heavy atom. The van der Waals surface area contributed by atoms with Gasteiger partial charge in [0.2, 0.25) is 0 Å². The van der Waals surface area contributed by atoms with E-state index in [9.17, 15) is 9.59 Å². The summed E-state index contributed by atoms with van der Waals surface area (Å²) in [5.41, 5.74) is -0.146. The number of carbonyl (C=O) groups is 2. The van der Waals surface area contributed by atoms with Gasteiger partial charge in [0.1, 0.15) is 5.54 Å². The molecule has 0 aliphatic rings. The van der Waals surface area contributed by atoms with Crippen molar-refractivity contribution >= 4 is 23.5 Å². The summed E-state index contributed by atoms with van der Waals surface area (Å²) >= 11 is 5.91. The van der Waals surface area contributed by atoms with Crippen LogP contribution in [-0.2, 0) is 9.53 Å². The minimum absolute atomic E-state index is 0.151. The first-order chi connectivity index (χ1) is 11.9. The number of ether oxygens (including phenoxy) is 1. The van der Waals surface area contributed by atoms with Crippen LogP contribution in [0.3, 0.4) is 0 Å². The van der Waals surface area contributed by atoms with E-state index >= 15 is 0 Å². The minimum atomic E-state index is -0.675. The van der Waals surface area contributed by atoms with Gasteiger partial charge in [-0.3, -0.25) is 9.59 Å². The van der Waals surface area contributed by atoms with E-state index in [1.54, 1.807) is 36.1 Å². The molecule has 0 saturated heterocycles. The number of halogens is 1. The van der Waals surface area contributed by atoms with Crippen LogP contribution in [0.1, 0.15) is 56.8 Å². The van der Waals surface area contributed by atoms with E-state index in [1.807, 2.05) is 13.8 Å². The molecule has 1 amide bonds. The Morgan fingerprint density at radius 2 is 1.80 bits per heavy atom. The van der Waals surface area contributed by atoms with Crippen LogP contribution in [0.2, 0.25) is 5.02 Å². The molecule has 0 spiro atoms. The van der Waals surface area contributed by atoms with Crippen LogP contribution in [0.25, 0.3) is 0 Å². The van der Waals surface area contributed by atoms with Gasteiger partial charge in [-0.05, 0) is 50.5 Å². The van der Waals surface area contributed by atoms with E-state index < -0.39 is 5.54 Å². The van der Waals surface area contributed by atoms with Crippen LogP contribution in [0.5, 0.6) is 0 Å². The molecule has 0 aromatic heterocycles. The Bertz CT molecular complexity index is 615. The lowest BCUT2D eigenvalue weighted by Gasteiger charge is -2.39. The molecule has 0 atom stereocenters. The molecule has 0 fully saturated rings. The highest BCUT2D eigenvalue weighted by molar-refractivity contribution is 6.30. The van der Waals surface area contributed by atoms with Crippen molar-refractivity contribution in [1.82, 2.24) is 4.90 Å². The number of hydrogen-bond donors (Lipinski definition) is 0. The van der Waals surface area contributed by atoms with Gasteiger partial charge in [-0.2, -0.15) is 0 Å². The maximum absolute atomic E-state index is 13.1. The molecule has 0 heterocycles. The molecule has 5 heteroatoms. The molecule has 25 heavy (non-hydrogen) atoms. The average Bonchev–Trinajstić information content (AvgIpc) is 2.62. The van der Waals surface area contributed by atoms with Crippen molar-refractivity contribution < 1.29 is 14.3 Å². The van der Waals surface area contributed by atoms with Gasteiger partial charge in [-0.15, -0.1) is 6.42 Å². The second-order valence-corrected chi connectivity index (χ2v) is 6.19. The zero-order valence-electron chi connectivity index (χ0n) is 15.2. The predicted molar refractivity (Wildman–Crippen MR) is 101 cm³/mol. The van der Waals surface area contributed by atoms with Crippen LogP contribution >= 0.6 is 11.6 Å². The number of hydrogen-bond acceptors (Lipinski definition) is 3. The summed E-state index contributed by atoms with van der Waals surface area (Å²) in [7, 11) is 0. The van der Waals surface area contributed by atoms with Crippen molar-refractivity contribution in [2.24, 2.45) is 0 Å². The topological polar surface area (TPSA) is 46.6 Å². The van der Waals surface area contributed by atoms with E-state index in [-0.39, 0.29) is 18.3 Å². The fraction of sp³-hybridized carbons (Fsp3) is 0.500. The Labute approximate surface area is 155 Å². The highest BCUT2D eigenvalue weighted by Crippen LogP contribution is 2.26. The molecule has 1 rings (SSSR count). The summed E-state index contributed by atoms with van der Waals surface area (Å²) < 4.78 is 4.95. The molecular weight excluding hydrogens is 338 g/mol. The quantitative estimate of drug-likeness (QED) is 0.485. The van der Waals surface area contributed by atoms with E-state index in [2.05, 4.69) is 5.92 Å². The molecule has 0 aliphatic heterocycles. The Kier molecular flexibility index (Phi) is 8.51. The van der Waals surface area contributed by atoms with Crippen LogP contribution in [0.15, 0.2) is 24.3 Å². The molecule has 1 aromatic carbocycles. The third kappa shape index (κ3) is 5.51. The number of benzene rings is 1. The van der Waals surface area contributed by atoms with E-state index in [0.29, 0.717) is 43.0 Å². The fourth-order valence-corrected chi connectivity index (χ4v) is 2.91. The molecule has 0 N–H and O–H groups in total. The highest BCUT2D eigenvalue weighted by Gasteiger charge is 2.35. The zero-order chi connectivity index (χ0) is 18.9. The molecule has 0 unspecified atom stereocenters. The van der Waals surface area contributed by atoms with Crippen molar-refractivity contribution in [3.63, 3.8) is 0 Å². The molecular formula is C20H26ClNO3. The minimum Gasteiger partial charge on any atom is -0.466 e. The van der Waals surface area contributed by atoms with Crippen LogP contribution < -0.4 is 0 Å². The summed E-state index contributed by atoms with van der Waals surface area (Å²) in [6.07, 6.45) is 7.83. The normalized spacial score (nSPS) is 10.8. The fourth-order valence-electron chi connectivity index (χ4n) is 2.79. The van der Waals surface area contributed by atoms with Gasteiger partial charge >= 0.3 is 5.97 Å². The SMILES string of the molecule is C#CC(CC)(CC)N(CCCC(=O)OCC)C(=O)c1ccc(Cl)cc1. The molecule has 0 bridgehead atoms. The first kappa shape index (κ1) is 21.1. The number of nitrogens with zero attached hydrogens (tertiary/aromatic N) is 1. The second-order valence-electron chi connectivity index (χ2n) is 5.76. The number of amides is 1. The first-order valence-electron chi connectivity index (χ1n) is 8.65. The Hall–Kier alpha value is -1.99. The van der Waals surface area contributed by atoms with Gasteiger partial charge in [-0.1, -0.05) is 31.4 Å². The molecule has 0 radical (unpaired) electrons. The Morgan fingerprint density at radius 3 is 2.28 bits per heavy atom. The maximum Gasteiger partial charge on any atom is 0.305 e. The summed E-state index contributed by atoms with van der Waals surface area (Å²) in [6, 6.07) is 6.74. The summed E-state index contributed by atoms with van der Waals surface area (Å²) in [5.74, 6) is 2.39. The number of terminal acetylenes is 1. The Balaban J connectivity index is 3.02. The average molecular weight is 364 g/mol. The third-order valence-electron chi connectivity index (χ3n) is 4.36.